The highest BCUT2D eigenvalue weighted by Crippen LogP contribution is 2.30. The zero-order chi connectivity index (χ0) is 21.2. The van der Waals surface area contributed by atoms with Crippen molar-refractivity contribution in [3.05, 3.63) is 60.4 Å². The molecule has 8 nitrogen and oxygen atoms in total. The monoisotopic (exact) mass is 415 g/mol. The van der Waals surface area contributed by atoms with Crippen LogP contribution in [0.25, 0.3) is 16.9 Å². The standard InChI is InChI=1S/C23H25N7O/c1-17-8-3-4-9-18(17)30-23-21(26-27-30)22(24-16-25-23)29-13-7-12-28(14-15-29)19-10-5-6-11-20(19)31-2/h3-6,8-11,16H,7,12-15H2,1-2H3. The molecule has 3 heterocycles. The van der Waals surface area contributed by atoms with E-state index in [1.54, 1.807) is 18.1 Å². The molecule has 1 aliphatic heterocycles. The summed E-state index contributed by atoms with van der Waals surface area (Å²) in [7, 11) is 1.72. The molecule has 0 spiro atoms. The van der Waals surface area contributed by atoms with Crippen molar-refractivity contribution in [3.8, 4) is 11.4 Å². The van der Waals surface area contributed by atoms with Crippen LogP contribution in [-0.4, -0.2) is 58.3 Å². The van der Waals surface area contributed by atoms with Gasteiger partial charge in [-0.15, -0.1) is 5.10 Å². The van der Waals surface area contributed by atoms with Crippen LogP contribution >= 0.6 is 0 Å². The molecule has 0 radical (unpaired) electrons. The van der Waals surface area contributed by atoms with Crippen LogP contribution in [0.1, 0.15) is 12.0 Å². The average molecular weight is 416 g/mol. The normalized spacial score (nSPS) is 14.6. The minimum Gasteiger partial charge on any atom is -0.495 e. The molecule has 1 fully saturated rings. The smallest absolute Gasteiger partial charge is 0.189 e. The van der Waals surface area contributed by atoms with Crippen LogP contribution in [0, 0.1) is 6.92 Å². The number of hydrogen-bond donors (Lipinski definition) is 0. The molecule has 158 valence electrons. The topological polar surface area (TPSA) is 72.2 Å². The second-order valence-corrected chi connectivity index (χ2v) is 7.66. The van der Waals surface area contributed by atoms with Gasteiger partial charge in [0, 0.05) is 26.2 Å². The maximum absolute atomic E-state index is 5.57. The van der Waals surface area contributed by atoms with Crippen LogP contribution in [-0.2, 0) is 0 Å². The summed E-state index contributed by atoms with van der Waals surface area (Å²) in [5.41, 5.74) is 4.69. The van der Waals surface area contributed by atoms with Gasteiger partial charge in [0.2, 0.25) is 0 Å². The van der Waals surface area contributed by atoms with E-state index in [2.05, 4.69) is 55.2 Å². The number of ether oxygens (including phenoxy) is 1. The second-order valence-electron chi connectivity index (χ2n) is 7.66. The van der Waals surface area contributed by atoms with Crippen molar-refractivity contribution < 1.29 is 4.74 Å². The molecule has 2 aromatic carbocycles. The van der Waals surface area contributed by atoms with Gasteiger partial charge in [0.15, 0.2) is 17.0 Å². The first-order valence-corrected chi connectivity index (χ1v) is 10.5. The quantitative estimate of drug-likeness (QED) is 0.507. The van der Waals surface area contributed by atoms with Gasteiger partial charge in [0.1, 0.15) is 12.1 Å². The van der Waals surface area contributed by atoms with Crippen LogP contribution in [0.4, 0.5) is 11.5 Å². The van der Waals surface area contributed by atoms with E-state index >= 15 is 0 Å². The maximum Gasteiger partial charge on any atom is 0.189 e. The van der Waals surface area contributed by atoms with Crippen molar-refractivity contribution in [1.29, 1.82) is 0 Å². The van der Waals surface area contributed by atoms with Crippen molar-refractivity contribution in [2.24, 2.45) is 0 Å². The van der Waals surface area contributed by atoms with Gasteiger partial charge in [-0.25, -0.2) is 9.97 Å². The summed E-state index contributed by atoms with van der Waals surface area (Å²) in [6, 6.07) is 16.3. The molecule has 1 saturated heterocycles. The first kappa shape index (κ1) is 19.3. The van der Waals surface area contributed by atoms with E-state index in [0.717, 1.165) is 72.3 Å². The molecule has 0 N–H and O–H groups in total. The molecule has 5 rings (SSSR count). The van der Waals surface area contributed by atoms with Gasteiger partial charge in [0.25, 0.3) is 0 Å². The number of anilines is 2. The lowest BCUT2D eigenvalue weighted by molar-refractivity contribution is 0.414. The van der Waals surface area contributed by atoms with Gasteiger partial charge in [0.05, 0.1) is 18.5 Å². The molecule has 8 heteroatoms. The zero-order valence-corrected chi connectivity index (χ0v) is 17.8. The number of aromatic nitrogens is 5. The van der Waals surface area contributed by atoms with Crippen LogP contribution in [0.15, 0.2) is 54.9 Å². The SMILES string of the molecule is COc1ccccc1N1CCCN(c2ncnc3c2nnn3-c2ccccc2C)CC1. The number of hydrogen-bond acceptors (Lipinski definition) is 7. The lowest BCUT2D eigenvalue weighted by Gasteiger charge is -2.25. The molecule has 4 aromatic rings. The largest absolute Gasteiger partial charge is 0.495 e. The predicted octanol–water partition coefficient (Wildman–Crippen LogP) is 3.24. The Labute approximate surface area is 181 Å². The van der Waals surface area contributed by atoms with E-state index in [4.69, 9.17) is 4.74 Å². The highest BCUT2D eigenvalue weighted by molar-refractivity contribution is 5.83. The van der Waals surface area contributed by atoms with Crippen molar-refractivity contribution in [2.45, 2.75) is 13.3 Å². The molecular formula is C23H25N7O. The fourth-order valence-electron chi connectivity index (χ4n) is 4.19. The van der Waals surface area contributed by atoms with Crippen LogP contribution < -0.4 is 14.5 Å². The number of methoxy groups -OCH3 is 1. The third kappa shape index (κ3) is 3.54. The molecular weight excluding hydrogens is 390 g/mol. The van der Waals surface area contributed by atoms with Gasteiger partial charge in [-0.05, 0) is 37.1 Å². The molecule has 0 bridgehead atoms. The summed E-state index contributed by atoms with van der Waals surface area (Å²) >= 11 is 0. The van der Waals surface area contributed by atoms with E-state index < -0.39 is 0 Å². The lowest BCUT2D eigenvalue weighted by atomic mass is 10.2. The Morgan fingerprint density at radius 1 is 0.839 bits per heavy atom. The van der Waals surface area contributed by atoms with Gasteiger partial charge >= 0.3 is 0 Å². The number of nitrogens with zero attached hydrogens (tertiary/aromatic N) is 7. The number of rotatable bonds is 4. The van der Waals surface area contributed by atoms with E-state index in [0.29, 0.717) is 0 Å². The van der Waals surface area contributed by atoms with Gasteiger partial charge in [-0.1, -0.05) is 35.5 Å². The fraction of sp³-hybridized carbons (Fsp3) is 0.304. The Morgan fingerprint density at radius 2 is 1.58 bits per heavy atom. The van der Waals surface area contributed by atoms with E-state index in [1.807, 2.05) is 30.3 Å². The van der Waals surface area contributed by atoms with E-state index in [1.165, 1.54) is 0 Å². The van der Waals surface area contributed by atoms with Gasteiger partial charge in [-0.2, -0.15) is 4.68 Å². The zero-order valence-electron chi connectivity index (χ0n) is 17.8. The number of aryl methyl sites for hydroxylation is 1. The number of fused-ring (bicyclic) bond motifs is 1. The minimum atomic E-state index is 0.727. The Bertz CT molecular complexity index is 1210. The third-order valence-corrected chi connectivity index (χ3v) is 5.78. The fourth-order valence-corrected chi connectivity index (χ4v) is 4.19. The predicted molar refractivity (Wildman–Crippen MR) is 121 cm³/mol. The molecule has 31 heavy (non-hydrogen) atoms. The Balaban J connectivity index is 1.45. The average Bonchev–Trinajstić information content (AvgIpc) is 3.09. The Kier molecular flexibility index (Phi) is 5.11. The number of benzene rings is 2. The van der Waals surface area contributed by atoms with Crippen LogP contribution in [0.5, 0.6) is 5.75 Å². The Hall–Kier alpha value is -3.68. The molecule has 0 unspecified atom stereocenters. The number of para-hydroxylation sites is 3. The molecule has 0 aliphatic carbocycles. The summed E-state index contributed by atoms with van der Waals surface area (Å²) in [4.78, 5) is 13.7. The van der Waals surface area contributed by atoms with E-state index in [9.17, 15) is 0 Å². The molecule has 1 aliphatic rings. The third-order valence-electron chi connectivity index (χ3n) is 5.78. The minimum absolute atomic E-state index is 0.727. The summed E-state index contributed by atoms with van der Waals surface area (Å²) in [5.74, 6) is 1.74. The summed E-state index contributed by atoms with van der Waals surface area (Å²) in [6.07, 6.45) is 2.62. The van der Waals surface area contributed by atoms with Crippen molar-refractivity contribution in [1.82, 2.24) is 25.0 Å². The van der Waals surface area contributed by atoms with E-state index in [-0.39, 0.29) is 0 Å². The molecule has 2 aromatic heterocycles. The summed E-state index contributed by atoms with van der Waals surface area (Å²) in [6.45, 7) is 5.63. The highest BCUT2D eigenvalue weighted by Gasteiger charge is 2.22. The maximum atomic E-state index is 5.57. The van der Waals surface area contributed by atoms with Crippen molar-refractivity contribution in [3.63, 3.8) is 0 Å². The molecule has 0 saturated carbocycles. The summed E-state index contributed by atoms with van der Waals surface area (Å²) in [5, 5.41) is 8.86. The first-order chi connectivity index (χ1) is 15.3. The van der Waals surface area contributed by atoms with Crippen molar-refractivity contribution in [2.75, 3.05) is 43.1 Å². The lowest BCUT2D eigenvalue weighted by Crippen LogP contribution is -2.31. The molecule has 0 amide bonds. The van der Waals surface area contributed by atoms with Crippen LogP contribution in [0.2, 0.25) is 0 Å². The Morgan fingerprint density at radius 3 is 2.42 bits per heavy atom. The van der Waals surface area contributed by atoms with Gasteiger partial charge < -0.3 is 14.5 Å². The van der Waals surface area contributed by atoms with Gasteiger partial charge in [-0.3, -0.25) is 0 Å². The van der Waals surface area contributed by atoms with Crippen LogP contribution in [0.3, 0.4) is 0 Å². The molecule has 0 atom stereocenters. The first-order valence-electron chi connectivity index (χ1n) is 10.5. The highest BCUT2D eigenvalue weighted by atomic mass is 16.5. The van der Waals surface area contributed by atoms with Crippen molar-refractivity contribution >= 4 is 22.7 Å². The second kappa shape index (κ2) is 8.22. The summed E-state index contributed by atoms with van der Waals surface area (Å²) < 4.78 is 7.37.